The van der Waals surface area contributed by atoms with Gasteiger partial charge < -0.3 is 16.2 Å². The third-order valence-corrected chi connectivity index (χ3v) is 2.36. The highest BCUT2D eigenvalue weighted by Crippen LogP contribution is 2.31. The van der Waals surface area contributed by atoms with Gasteiger partial charge in [0.1, 0.15) is 5.60 Å². The van der Waals surface area contributed by atoms with Crippen molar-refractivity contribution in [1.29, 1.82) is 0 Å². The maximum atomic E-state index is 12.5. The van der Waals surface area contributed by atoms with Gasteiger partial charge in [-0.3, -0.25) is 0 Å². The van der Waals surface area contributed by atoms with Crippen molar-refractivity contribution in [2.45, 2.75) is 30.4 Å². The summed E-state index contributed by atoms with van der Waals surface area (Å²) < 4.78 is 48.6. The van der Waals surface area contributed by atoms with Crippen LogP contribution in [0.2, 0.25) is 0 Å². The van der Waals surface area contributed by atoms with Gasteiger partial charge in [-0.15, -0.1) is 0 Å². The van der Waals surface area contributed by atoms with E-state index in [-0.39, 0.29) is 13.1 Å². The first-order chi connectivity index (χ1) is 6.28. The number of rotatable bonds is 4. The monoisotopic (exact) mass is 216 g/mol. The number of halogens is 4. The number of alkyl halides is 4. The molecule has 84 valence electrons. The van der Waals surface area contributed by atoms with E-state index in [1.54, 1.807) is 0 Å². The lowest BCUT2D eigenvalue weighted by Crippen LogP contribution is -2.69. The zero-order chi connectivity index (χ0) is 11.0. The highest BCUT2D eigenvalue weighted by atomic mass is 19.3. The van der Waals surface area contributed by atoms with Gasteiger partial charge in [-0.05, 0) is 0 Å². The van der Waals surface area contributed by atoms with Gasteiger partial charge in [-0.25, -0.2) is 17.6 Å². The Labute approximate surface area is 78.3 Å². The number of nitrogens with two attached hydrogens (primary N) is 1. The average Bonchev–Trinajstić information content (AvgIpc) is 1.98. The van der Waals surface area contributed by atoms with Crippen molar-refractivity contribution in [3.8, 4) is 0 Å². The average molecular weight is 216 g/mol. The molecule has 3 nitrogen and oxygen atoms in total. The van der Waals surface area contributed by atoms with E-state index in [2.05, 4.69) is 5.32 Å². The molecule has 1 heterocycles. The van der Waals surface area contributed by atoms with E-state index in [0.29, 0.717) is 0 Å². The van der Waals surface area contributed by atoms with Crippen molar-refractivity contribution in [2.24, 2.45) is 5.73 Å². The lowest BCUT2D eigenvalue weighted by atomic mass is 9.85. The molecule has 7 heteroatoms. The minimum Gasteiger partial charge on any atom is -0.386 e. The summed E-state index contributed by atoms with van der Waals surface area (Å²) in [7, 11) is 0. The molecule has 1 atom stereocenters. The highest BCUT2D eigenvalue weighted by molar-refractivity contribution is 5.02. The van der Waals surface area contributed by atoms with Gasteiger partial charge in [0.05, 0.1) is 0 Å². The quantitative estimate of drug-likeness (QED) is 0.577. The van der Waals surface area contributed by atoms with Crippen LogP contribution in [0.15, 0.2) is 0 Å². The maximum Gasteiger partial charge on any atom is 0.309 e. The van der Waals surface area contributed by atoms with Crippen molar-refractivity contribution in [3.05, 3.63) is 0 Å². The van der Waals surface area contributed by atoms with Crippen LogP contribution in [0.25, 0.3) is 0 Å². The van der Waals surface area contributed by atoms with Crippen molar-refractivity contribution in [3.63, 3.8) is 0 Å². The predicted molar refractivity (Wildman–Crippen MR) is 41.4 cm³/mol. The standard InChI is InChI=1S/C7H12F4N2O/c8-5(9)7(10,11)1-4(12)6(14)2-13-3-6/h4-5,13-14H,1-3,12H2. The Kier molecular flexibility index (Phi) is 3.03. The fourth-order valence-electron chi connectivity index (χ4n) is 1.22. The lowest BCUT2D eigenvalue weighted by molar-refractivity contribution is -0.151. The van der Waals surface area contributed by atoms with E-state index in [1.165, 1.54) is 0 Å². The first-order valence-corrected chi connectivity index (χ1v) is 4.12. The Balaban J connectivity index is 2.51. The second-order valence-electron chi connectivity index (χ2n) is 3.58. The summed E-state index contributed by atoms with van der Waals surface area (Å²) in [5.74, 6) is -4.13. The Bertz CT molecular complexity index is 208. The second kappa shape index (κ2) is 3.63. The van der Waals surface area contributed by atoms with Gasteiger partial charge >= 0.3 is 12.3 Å². The molecule has 1 fully saturated rings. The van der Waals surface area contributed by atoms with Gasteiger partial charge in [-0.2, -0.15) is 0 Å². The molecule has 0 aromatic carbocycles. The molecule has 0 aliphatic carbocycles. The topological polar surface area (TPSA) is 58.3 Å². The number of β-amino-alcohol motifs (C(OH)–C–C–N with tert-alkyl or cyclic N) is 1. The predicted octanol–water partition coefficient (Wildman–Crippen LogP) is -0.0615. The van der Waals surface area contributed by atoms with E-state index < -0.39 is 30.4 Å². The Hall–Kier alpha value is -0.400. The zero-order valence-corrected chi connectivity index (χ0v) is 7.31. The molecule has 0 spiro atoms. The van der Waals surface area contributed by atoms with Crippen molar-refractivity contribution in [2.75, 3.05) is 13.1 Å². The lowest BCUT2D eigenvalue weighted by Gasteiger charge is -2.42. The first kappa shape index (κ1) is 11.7. The number of hydrogen-bond donors (Lipinski definition) is 3. The highest BCUT2D eigenvalue weighted by Gasteiger charge is 2.49. The van der Waals surface area contributed by atoms with Crippen LogP contribution in [0.3, 0.4) is 0 Å². The Morgan fingerprint density at radius 3 is 2.21 bits per heavy atom. The number of nitrogens with one attached hydrogen (secondary N) is 1. The molecule has 1 rings (SSSR count). The summed E-state index contributed by atoms with van der Waals surface area (Å²) in [6.45, 7) is 0.126. The van der Waals surface area contributed by atoms with Gasteiger partial charge in [-0.1, -0.05) is 0 Å². The van der Waals surface area contributed by atoms with Crippen LogP contribution in [0.1, 0.15) is 6.42 Å². The minimum absolute atomic E-state index is 0.0630. The molecule has 0 bridgehead atoms. The summed E-state index contributed by atoms with van der Waals surface area (Å²) >= 11 is 0. The van der Waals surface area contributed by atoms with E-state index >= 15 is 0 Å². The van der Waals surface area contributed by atoms with E-state index in [9.17, 15) is 22.7 Å². The molecule has 1 unspecified atom stereocenters. The van der Waals surface area contributed by atoms with Gasteiger partial charge in [0.25, 0.3) is 0 Å². The third-order valence-electron chi connectivity index (χ3n) is 2.36. The van der Waals surface area contributed by atoms with Crippen molar-refractivity contribution in [1.82, 2.24) is 5.32 Å². The summed E-state index contributed by atoms with van der Waals surface area (Å²) in [6, 6.07) is -1.34. The zero-order valence-electron chi connectivity index (χ0n) is 7.31. The maximum absolute atomic E-state index is 12.5. The summed E-state index contributed by atoms with van der Waals surface area (Å²) in [4.78, 5) is 0. The van der Waals surface area contributed by atoms with Crippen molar-refractivity contribution < 1.29 is 22.7 Å². The molecule has 0 saturated carbocycles. The molecular formula is C7H12F4N2O. The van der Waals surface area contributed by atoms with Crippen LogP contribution >= 0.6 is 0 Å². The van der Waals surface area contributed by atoms with Crippen LogP contribution < -0.4 is 11.1 Å². The molecule has 1 aliphatic rings. The number of hydrogen-bond acceptors (Lipinski definition) is 3. The largest absolute Gasteiger partial charge is 0.386 e. The van der Waals surface area contributed by atoms with Gasteiger partial charge in [0, 0.05) is 25.6 Å². The molecule has 0 aromatic rings. The van der Waals surface area contributed by atoms with Crippen LogP contribution in [-0.4, -0.2) is 42.2 Å². The fraction of sp³-hybridized carbons (Fsp3) is 1.00. The minimum atomic E-state index is -4.13. The molecule has 0 radical (unpaired) electrons. The van der Waals surface area contributed by atoms with Crippen LogP contribution in [0.5, 0.6) is 0 Å². The van der Waals surface area contributed by atoms with E-state index in [4.69, 9.17) is 5.73 Å². The molecule has 1 saturated heterocycles. The van der Waals surface area contributed by atoms with Gasteiger partial charge in [0.15, 0.2) is 0 Å². The second-order valence-corrected chi connectivity index (χ2v) is 3.58. The van der Waals surface area contributed by atoms with E-state index in [0.717, 1.165) is 0 Å². The van der Waals surface area contributed by atoms with E-state index in [1.807, 2.05) is 0 Å². The van der Waals surface area contributed by atoms with Crippen LogP contribution in [0, 0.1) is 0 Å². The van der Waals surface area contributed by atoms with Crippen LogP contribution in [0.4, 0.5) is 17.6 Å². The summed E-state index contributed by atoms with van der Waals surface area (Å²) in [5, 5.41) is 12.1. The Morgan fingerprint density at radius 2 is 1.93 bits per heavy atom. The molecule has 1 aliphatic heterocycles. The third kappa shape index (κ3) is 2.15. The van der Waals surface area contributed by atoms with Gasteiger partial charge in [0.2, 0.25) is 0 Å². The fourth-order valence-corrected chi connectivity index (χ4v) is 1.22. The molecule has 4 N–H and O–H groups in total. The SMILES string of the molecule is NC(CC(F)(F)C(F)F)C1(O)CNC1. The Morgan fingerprint density at radius 1 is 1.43 bits per heavy atom. The summed E-state index contributed by atoms with van der Waals surface area (Å²) in [5.41, 5.74) is 3.76. The van der Waals surface area contributed by atoms with Crippen molar-refractivity contribution >= 4 is 0 Å². The molecule has 0 amide bonds. The first-order valence-electron chi connectivity index (χ1n) is 4.12. The molecule has 14 heavy (non-hydrogen) atoms. The normalized spacial score (nSPS) is 23.4. The smallest absolute Gasteiger partial charge is 0.309 e. The summed E-state index contributed by atoms with van der Waals surface area (Å²) in [6.07, 6.45) is -4.95. The number of aliphatic hydroxyl groups is 1. The molecule has 0 aromatic heterocycles. The van der Waals surface area contributed by atoms with Crippen LogP contribution in [-0.2, 0) is 0 Å². The molecular weight excluding hydrogens is 204 g/mol.